The first-order valence-corrected chi connectivity index (χ1v) is 6.33. The molecule has 2 atom stereocenters. The van der Waals surface area contributed by atoms with E-state index in [1.54, 1.807) is 16.7 Å². The lowest BCUT2D eigenvalue weighted by Crippen LogP contribution is -2.47. The minimum atomic E-state index is -0.362. The normalized spacial score (nSPS) is 21.8. The zero-order chi connectivity index (χ0) is 13.0. The van der Waals surface area contributed by atoms with Crippen molar-refractivity contribution in [1.29, 1.82) is 0 Å². The molecule has 0 aromatic carbocycles. The maximum atomic E-state index is 12.1. The fraction of sp³-hybridized carbons (Fsp3) is 0.833. The summed E-state index contributed by atoms with van der Waals surface area (Å²) in [4.78, 5) is 27.3. The molecule has 0 aromatic heterocycles. The first kappa shape index (κ1) is 14.0. The molecule has 17 heavy (non-hydrogen) atoms. The van der Waals surface area contributed by atoms with Gasteiger partial charge in [-0.2, -0.15) is 0 Å². The van der Waals surface area contributed by atoms with Crippen molar-refractivity contribution in [2.24, 2.45) is 11.7 Å². The average Bonchev–Trinajstić information content (AvgIpc) is 2.71. The SMILES string of the molecule is CCN(CC)C(=O)C(C)N1CC(CN)CC1=O. The molecule has 0 spiro atoms. The fourth-order valence-corrected chi connectivity index (χ4v) is 2.27. The van der Waals surface area contributed by atoms with Crippen LogP contribution in [0.5, 0.6) is 0 Å². The summed E-state index contributed by atoms with van der Waals surface area (Å²) in [5.74, 6) is 0.281. The Morgan fingerprint density at radius 2 is 2.12 bits per heavy atom. The molecule has 0 aliphatic carbocycles. The van der Waals surface area contributed by atoms with Crippen LogP contribution < -0.4 is 5.73 Å². The Balaban J connectivity index is 2.66. The summed E-state index contributed by atoms with van der Waals surface area (Å²) in [6.45, 7) is 8.19. The number of hydrogen-bond donors (Lipinski definition) is 1. The minimum Gasteiger partial charge on any atom is -0.341 e. The van der Waals surface area contributed by atoms with E-state index in [9.17, 15) is 9.59 Å². The Morgan fingerprint density at radius 1 is 1.53 bits per heavy atom. The van der Waals surface area contributed by atoms with E-state index in [1.807, 2.05) is 13.8 Å². The van der Waals surface area contributed by atoms with Gasteiger partial charge in [0, 0.05) is 26.1 Å². The number of amides is 2. The van der Waals surface area contributed by atoms with E-state index in [0.29, 0.717) is 32.6 Å². The first-order valence-electron chi connectivity index (χ1n) is 6.33. The molecule has 1 saturated heterocycles. The lowest BCUT2D eigenvalue weighted by molar-refractivity contribution is -0.142. The molecular formula is C12H23N3O2. The van der Waals surface area contributed by atoms with Crippen LogP contribution >= 0.6 is 0 Å². The number of rotatable bonds is 5. The minimum absolute atomic E-state index is 0.0287. The number of nitrogens with zero attached hydrogens (tertiary/aromatic N) is 2. The molecule has 1 fully saturated rings. The van der Waals surface area contributed by atoms with Crippen molar-refractivity contribution in [2.75, 3.05) is 26.2 Å². The van der Waals surface area contributed by atoms with Gasteiger partial charge in [-0.25, -0.2) is 0 Å². The second kappa shape index (κ2) is 6.00. The Kier molecular flexibility index (Phi) is 4.93. The zero-order valence-electron chi connectivity index (χ0n) is 11.0. The van der Waals surface area contributed by atoms with Crippen LogP contribution in [0, 0.1) is 5.92 Å². The largest absolute Gasteiger partial charge is 0.341 e. The summed E-state index contributed by atoms with van der Waals surface area (Å²) in [5.41, 5.74) is 5.57. The maximum absolute atomic E-state index is 12.1. The first-order chi connectivity index (χ1) is 8.04. The summed E-state index contributed by atoms with van der Waals surface area (Å²) >= 11 is 0. The van der Waals surface area contributed by atoms with Crippen LogP contribution in [0.15, 0.2) is 0 Å². The van der Waals surface area contributed by atoms with Gasteiger partial charge >= 0.3 is 0 Å². The Labute approximate surface area is 103 Å². The molecule has 1 aliphatic rings. The van der Waals surface area contributed by atoms with Crippen molar-refractivity contribution < 1.29 is 9.59 Å². The van der Waals surface area contributed by atoms with Crippen LogP contribution in [0.3, 0.4) is 0 Å². The maximum Gasteiger partial charge on any atom is 0.245 e. The molecule has 2 N–H and O–H groups in total. The van der Waals surface area contributed by atoms with Crippen LogP contribution in [-0.4, -0.2) is 53.8 Å². The van der Waals surface area contributed by atoms with Crippen LogP contribution in [0.2, 0.25) is 0 Å². The third kappa shape index (κ3) is 2.97. The van der Waals surface area contributed by atoms with Gasteiger partial charge in [-0.05, 0) is 33.2 Å². The Morgan fingerprint density at radius 3 is 2.53 bits per heavy atom. The zero-order valence-corrected chi connectivity index (χ0v) is 11.0. The summed E-state index contributed by atoms with van der Waals surface area (Å²) in [5, 5.41) is 0. The Hall–Kier alpha value is -1.10. The highest BCUT2D eigenvalue weighted by Crippen LogP contribution is 2.20. The third-order valence-electron chi connectivity index (χ3n) is 3.47. The molecule has 1 heterocycles. The molecule has 1 aliphatic heterocycles. The van der Waals surface area contributed by atoms with Crippen molar-refractivity contribution in [3.05, 3.63) is 0 Å². The van der Waals surface area contributed by atoms with Gasteiger partial charge in [0.1, 0.15) is 6.04 Å². The van der Waals surface area contributed by atoms with E-state index in [2.05, 4.69) is 0 Å². The molecule has 0 saturated carbocycles. The van der Waals surface area contributed by atoms with Crippen LogP contribution in [-0.2, 0) is 9.59 Å². The topological polar surface area (TPSA) is 66.6 Å². The van der Waals surface area contributed by atoms with Crippen molar-refractivity contribution in [2.45, 2.75) is 33.2 Å². The van der Waals surface area contributed by atoms with Crippen LogP contribution in [0.25, 0.3) is 0 Å². The Bertz CT molecular complexity index is 289. The summed E-state index contributed by atoms with van der Waals surface area (Å²) in [6.07, 6.45) is 0.479. The predicted molar refractivity (Wildman–Crippen MR) is 66.3 cm³/mol. The van der Waals surface area contributed by atoms with Crippen LogP contribution in [0.4, 0.5) is 0 Å². The van der Waals surface area contributed by atoms with E-state index < -0.39 is 0 Å². The molecule has 1 rings (SSSR count). The lowest BCUT2D eigenvalue weighted by Gasteiger charge is -2.29. The molecule has 0 radical (unpaired) electrons. The molecule has 2 amide bonds. The van der Waals surface area contributed by atoms with Gasteiger partial charge in [0.25, 0.3) is 0 Å². The van der Waals surface area contributed by atoms with Gasteiger partial charge in [0.15, 0.2) is 0 Å². The number of carbonyl (C=O) groups excluding carboxylic acids is 2. The smallest absolute Gasteiger partial charge is 0.245 e. The summed E-state index contributed by atoms with van der Waals surface area (Å²) in [6, 6.07) is -0.362. The van der Waals surface area contributed by atoms with Gasteiger partial charge in [0.2, 0.25) is 11.8 Å². The standard InChI is InChI=1S/C12H23N3O2/c1-4-14(5-2)12(17)9(3)15-8-10(7-13)6-11(15)16/h9-10H,4-8,13H2,1-3H3. The second-order valence-electron chi connectivity index (χ2n) is 4.54. The van der Waals surface area contributed by atoms with E-state index in [4.69, 9.17) is 5.73 Å². The van der Waals surface area contributed by atoms with Gasteiger partial charge in [-0.3, -0.25) is 9.59 Å². The predicted octanol–water partition coefficient (Wildman–Crippen LogP) is 0.0505. The number of hydrogen-bond acceptors (Lipinski definition) is 3. The molecule has 2 unspecified atom stereocenters. The highest BCUT2D eigenvalue weighted by atomic mass is 16.2. The summed E-state index contributed by atoms with van der Waals surface area (Å²) in [7, 11) is 0. The number of nitrogens with two attached hydrogens (primary N) is 1. The number of likely N-dealkylation sites (N-methyl/N-ethyl adjacent to an activating group) is 1. The van der Waals surface area contributed by atoms with Crippen molar-refractivity contribution in [3.63, 3.8) is 0 Å². The van der Waals surface area contributed by atoms with E-state index in [-0.39, 0.29) is 23.8 Å². The van der Waals surface area contributed by atoms with Gasteiger partial charge in [-0.15, -0.1) is 0 Å². The molecular weight excluding hydrogens is 218 g/mol. The van der Waals surface area contributed by atoms with Gasteiger partial charge in [0.05, 0.1) is 0 Å². The van der Waals surface area contributed by atoms with Crippen molar-refractivity contribution in [3.8, 4) is 0 Å². The average molecular weight is 241 g/mol. The highest BCUT2D eigenvalue weighted by Gasteiger charge is 2.35. The monoisotopic (exact) mass is 241 g/mol. The van der Waals surface area contributed by atoms with Gasteiger partial charge < -0.3 is 15.5 Å². The molecule has 0 aromatic rings. The van der Waals surface area contributed by atoms with E-state index in [1.165, 1.54) is 0 Å². The van der Waals surface area contributed by atoms with Crippen molar-refractivity contribution >= 4 is 11.8 Å². The van der Waals surface area contributed by atoms with Crippen LogP contribution in [0.1, 0.15) is 27.2 Å². The second-order valence-corrected chi connectivity index (χ2v) is 4.54. The third-order valence-corrected chi connectivity index (χ3v) is 3.47. The summed E-state index contributed by atoms with van der Waals surface area (Å²) < 4.78 is 0. The fourth-order valence-electron chi connectivity index (χ4n) is 2.27. The van der Waals surface area contributed by atoms with Crippen molar-refractivity contribution in [1.82, 2.24) is 9.80 Å². The molecule has 5 heteroatoms. The molecule has 98 valence electrons. The number of likely N-dealkylation sites (tertiary alicyclic amines) is 1. The number of carbonyl (C=O) groups is 2. The van der Waals surface area contributed by atoms with Gasteiger partial charge in [-0.1, -0.05) is 0 Å². The lowest BCUT2D eigenvalue weighted by atomic mass is 10.1. The highest BCUT2D eigenvalue weighted by molar-refractivity contribution is 5.88. The van der Waals surface area contributed by atoms with E-state index >= 15 is 0 Å². The quantitative estimate of drug-likeness (QED) is 0.739. The molecule has 0 bridgehead atoms. The van der Waals surface area contributed by atoms with E-state index in [0.717, 1.165) is 0 Å². The molecule has 5 nitrogen and oxygen atoms in total.